The minimum Gasteiger partial charge on any atom is -0.289 e. The molecule has 86 valence electrons. The highest BCUT2D eigenvalue weighted by atomic mass is 16.1. The molecule has 0 heterocycles. The summed E-state index contributed by atoms with van der Waals surface area (Å²) >= 11 is 0. The van der Waals surface area contributed by atoms with Gasteiger partial charge in [0.05, 0.1) is 0 Å². The molecule has 0 bridgehead atoms. The van der Waals surface area contributed by atoms with Crippen LogP contribution < -0.4 is 0 Å². The molecule has 2 aromatic carbocycles. The highest BCUT2D eigenvalue weighted by Crippen LogP contribution is 2.15. The van der Waals surface area contributed by atoms with Gasteiger partial charge in [-0.2, -0.15) is 0 Å². The summed E-state index contributed by atoms with van der Waals surface area (Å²) in [6.07, 6.45) is 0. The van der Waals surface area contributed by atoms with Gasteiger partial charge in [0.1, 0.15) is 0 Å². The largest absolute Gasteiger partial charge is 0.289 e. The van der Waals surface area contributed by atoms with Crippen LogP contribution in [0.3, 0.4) is 0 Å². The molecule has 0 amide bonds. The van der Waals surface area contributed by atoms with Crippen LogP contribution in [0.15, 0.2) is 42.5 Å². The Bertz CT molecular complexity index is 567. The summed E-state index contributed by atoms with van der Waals surface area (Å²) in [7, 11) is 0. The first-order valence-corrected chi connectivity index (χ1v) is 5.76. The van der Waals surface area contributed by atoms with Crippen LogP contribution in [0.2, 0.25) is 0 Å². The van der Waals surface area contributed by atoms with Gasteiger partial charge in [-0.1, -0.05) is 35.9 Å². The van der Waals surface area contributed by atoms with Gasteiger partial charge in [-0.25, -0.2) is 0 Å². The van der Waals surface area contributed by atoms with Gasteiger partial charge in [-0.3, -0.25) is 4.79 Å². The Morgan fingerprint density at radius 3 is 2.18 bits per heavy atom. The molecule has 1 nitrogen and oxygen atoms in total. The van der Waals surface area contributed by atoms with Gasteiger partial charge in [0.15, 0.2) is 5.78 Å². The molecule has 0 aliphatic heterocycles. The molecule has 0 spiro atoms. The molecule has 0 fully saturated rings. The lowest BCUT2D eigenvalue weighted by molar-refractivity contribution is 0.103. The maximum atomic E-state index is 12.3. The van der Waals surface area contributed by atoms with Gasteiger partial charge in [0, 0.05) is 11.1 Å². The fraction of sp³-hybridized carbons (Fsp3) is 0.188. The number of ketones is 1. The highest BCUT2D eigenvalue weighted by molar-refractivity contribution is 6.09. The van der Waals surface area contributed by atoms with Crippen molar-refractivity contribution in [2.24, 2.45) is 0 Å². The van der Waals surface area contributed by atoms with Crippen molar-refractivity contribution in [1.82, 2.24) is 0 Å². The van der Waals surface area contributed by atoms with Crippen molar-refractivity contribution in [3.63, 3.8) is 0 Å². The van der Waals surface area contributed by atoms with Gasteiger partial charge >= 0.3 is 0 Å². The molecule has 0 aliphatic rings. The molecule has 0 radical (unpaired) electrons. The number of hydrogen-bond acceptors (Lipinski definition) is 1. The van der Waals surface area contributed by atoms with Crippen LogP contribution in [-0.2, 0) is 0 Å². The number of rotatable bonds is 2. The summed E-state index contributed by atoms with van der Waals surface area (Å²) in [5, 5.41) is 0. The monoisotopic (exact) mass is 224 g/mol. The van der Waals surface area contributed by atoms with Crippen molar-refractivity contribution in [2.75, 3.05) is 0 Å². The van der Waals surface area contributed by atoms with Crippen molar-refractivity contribution in [1.29, 1.82) is 0 Å². The Morgan fingerprint density at radius 2 is 1.53 bits per heavy atom. The number of carbonyl (C=O) groups is 1. The maximum absolute atomic E-state index is 12.3. The molecule has 17 heavy (non-hydrogen) atoms. The lowest BCUT2D eigenvalue weighted by Gasteiger charge is -2.05. The summed E-state index contributed by atoms with van der Waals surface area (Å²) in [6, 6.07) is 13.6. The first kappa shape index (κ1) is 11.6. The average molecular weight is 224 g/mol. The minimum atomic E-state index is 0.0943. The number of hydrogen-bond donors (Lipinski definition) is 0. The van der Waals surface area contributed by atoms with E-state index in [9.17, 15) is 4.79 Å². The molecule has 2 rings (SSSR count). The van der Waals surface area contributed by atoms with E-state index in [1.165, 1.54) is 5.56 Å². The minimum absolute atomic E-state index is 0.0943. The van der Waals surface area contributed by atoms with Crippen molar-refractivity contribution in [2.45, 2.75) is 20.8 Å². The van der Waals surface area contributed by atoms with Gasteiger partial charge in [-0.15, -0.1) is 0 Å². The van der Waals surface area contributed by atoms with Crippen molar-refractivity contribution >= 4 is 5.78 Å². The van der Waals surface area contributed by atoms with Gasteiger partial charge in [0.25, 0.3) is 0 Å². The third-order valence-corrected chi connectivity index (χ3v) is 3.05. The predicted octanol–water partition coefficient (Wildman–Crippen LogP) is 3.84. The zero-order valence-corrected chi connectivity index (χ0v) is 10.4. The zero-order valence-electron chi connectivity index (χ0n) is 10.4. The quantitative estimate of drug-likeness (QED) is 0.708. The van der Waals surface area contributed by atoms with Crippen molar-refractivity contribution in [3.8, 4) is 0 Å². The van der Waals surface area contributed by atoms with E-state index in [0.717, 1.165) is 22.3 Å². The van der Waals surface area contributed by atoms with Crippen molar-refractivity contribution in [3.05, 3.63) is 70.3 Å². The van der Waals surface area contributed by atoms with E-state index >= 15 is 0 Å². The molecule has 0 aliphatic carbocycles. The Labute approximate surface area is 102 Å². The Balaban J connectivity index is 2.40. The summed E-state index contributed by atoms with van der Waals surface area (Å²) in [5.74, 6) is 0.0943. The molecule has 2 aromatic rings. The first-order valence-electron chi connectivity index (χ1n) is 5.76. The number of carbonyl (C=O) groups excluding carboxylic acids is 1. The number of aryl methyl sites for hydroxylation is 3. The van der Waals surface area contributed by atoms with Crippen molar-refractivity contribution < 1.29 is 4.79 Å². The van der Waals surface area contributed by atoms with Crippen LogP contribution in [0.5, 0.6) is 0 Å². The summed E-state index contributed by atoms with van der Waals surface area (Å²) in [5.41, 5.74) is 5.00. The van der Waals surface area contributed by atoms with Gasteiger partial charge in [-0.05, 0) is 44.0 Å². The van der Waals surface area contributed by atoms with Crippen LogP contribution in [0.1, 0.15) is 32.6 Å². The average Bonchev–Trinajstić information content (AvgIpc) is 2.32. The van der Waals surface area contributed by atoms with E-state index in [-0.39, 0.29) is 5.78 Å². The van der Waals surface area contributed by atoms with Crippen LogP contribution in [-0.4, -0.2) is 5.78 Å². The van der Waals surface area contributed by atoms with Gasteiger partial charge < -0.3 is 0 Å². The second-order valence-corrected chi connectivity index (χ2v) is 4.50. The Morgan fingerprint density at radius 1 is 0.824 bits per heavy atom. The molecule has 0 aromatic heterocycles. The molecule has 0 N–H and O–H groups in total. The summed E-state index contributed by atoms with van der Waals surface area (Å²) < 4.78 is 0. The van der Waals surface area contributed by atoms with Crippen LogP contribution in [0, 0.1) is 20.8 Å². The van der Waals surface area contributed by atoms with Crippen LogP contribution in [0.25, 0.3) is 0 Å². The molecule has 0 atom stereocenters. The molecule has 0 saturated heterocycles. The van der Waals surface area contributed by atoms with E-state index in [4.69, 9.17) is 0 Å². The fourth-order valence-electron chi connectivity index (χ4n) is 1.84. The first-order chi connectivity index (χ1) is 8.08. The SMILES string of the molecule is Cc1cccc(C(=O)c2ccc(C)c(C)c2)c1. The van der Waals surface area contributed by atoms with E-state index in [0.29, 0.717) is 0 Å². The van der Waals surface area contributed by atoms with E-state index in [1.54, 1.807) is 0 Å². The molecular formula is C16H16O. The molecular weight excluding hydrogens is 208 g/mol. The zero-order chi connectivity index (χ0) is 12.4. The van der Waals surface area contributed by atoms with Gasteiger partial charge in [0.2, 0.25) is 0 Å². The third kappa shape index (κ3) is 2.44. The lowest BCUT2D eigenvalue weighted by Crippen LogP contribution is -2.02. The van der Waals surface area contributed by atoms with E-state index in [1.807, 2.05) is 56.3 Å². The Hall–Kier alpha value is -1.89. The lowest BCUT2D eigenvalue weighted by atomic mass is 9.98. The third-order valence-electron chi connectivity index (χ3n) is 3.05. The van der Waals surface area contributed by atoms with Crippen LogP contribution in [0.4, 0.5) is 0 Å². The highest BCUT2D eigenvalue weighted by Gasteiger charge is 2.09. The second kappa shape index (κ2) is 4.54. The topological polar surface area (TPSA) is 17.1 Å². The van der Waals surface area contributed by atoms with E-state index < -0.39 is 0 Å². The smallest absolute Gasteiger partial charge is 0.193 e. The normalized spacial score (nSPS) is 10.3. The van der Waals surface area contributed by atoms with E-state index in [2.05, 4.69) is 6.92 Å². The molecule has 0 saturated carbocycles. The fourth-order valence-corrected chi connectivity index (χ4v) is 1.84. The molecule has 1 heteroatoms. The number of benzene rings is 2. The second-order valence-electron chi connectivity index (χ2n) is 4.50. The summed E-state index contributed by atoms with van der Waals surface area (Å²) in [6.45, 7) is 6.08. The molecule has 0 unspecified atom stereocenters. The maximum Gasteiger partial charge on any atom is 0.193 e. The summed E-state index contributed by atoms with van der Waals surface area (Å²) in [4.78, 5) is 12.3. The standard InChI is InChI=1S/C16H16O/c1-11-5-4-6-14(9-11)16(17)15-8-7-12(2)13(3)10-15/h4-10H,1-3H3. The van der Waals surface area contributed by atoms with Crippen LogP contribution >= 0.6 is 0 Å². The predicted molar refractivity (Wildman–Crippen MR) is 70.5 cm³/mol. The Kier molecular flexibility index (Phi) is 3.10.